The number of pyridine rings is 1. The number of amides is 2. The zero-order valence-electron chi connectivity index (χ0n) is 11.8. The topological polar surface area (TPSA) is 73.7 Å². The molecule has 1 aromatic heterocycles. The average Bonchev–Trinajstić information content (AvgIpc) is 2.52. The number of nitrogens with zero attached hydrogens (tertiary/aromatic N) is 3. The van der Waals surface area contributed by atoms with Gasteiger partial charge in [0.25, 0.3) is 0 Å². The van der Waals surface area contributed by atoms with Crippen molar-refractivity contribution in [2.75, 3.05) is 31.9 Å². The lowest BCUT2D eigenvalue weighted by Gasteiger charge is -2.33. The highest BCUT2D eigenvalue weighted by Gasteiger charge is 2.23. The van der Waals surface area contributed by atoms with E-state index in [1.807, 2.05) is 12.1 Å². The molecule has 0 bridgehead atoms. The number of carbonyl (C=O) groups is 2. The van der Waals surface area contributed by atoms with Gasteiger partial charge in [0, 0.05) is 49.9 Å². The highest BCUT2D eigenvalue weighted by atomic mass is 32.2. The summed E-state index contributed by atoms with van der Waals surface area (Å²) >= 11 is 1.72. The van der Waals surface area contributed by atoms with E-state index in [1.165, 1.54) is 4.90 Å². The van der Waals surface area contributed by atoms with Crippen molar-refractivity contribution < 1.29 is 14.7 Å². The number of aromatic nitrogens is 1. The maximum absolute atomic E-state index is 12.0. The van der Waals surface area contributed by atoms with Crippen LogP contribution < -0.4 is 0 Å². The van der Waals surface area contributed by atoms with Crippen LogP contribution in [0.1, 0.15) is 12.8 Å². The van der Waals surface area contributed by atoms with Gasteiger partial charge in [-0.3, -0.25) is 9.78 Å². The van der Waals surface area contributed by atoms with Crippen molar-refractivity contribution in [3.05, 3.63) is 24.5 Å². The van der Waals surface area contributed by atoms with E-state index >= 15 is 0 Å². The van der Waals surface area contributed by atoms with E-state index in [1.54, 1.807) is 29.1 Å². The summed E-state index contributed by atoms with van der Waals surface area (Å²) in [6, 6.07) is 3.91. The van der Waals surface area contributed by atoms with Gasteiger partial charge in [-0.05, 0) is 24.3 Å². The first-order valence-corrected chi connectivity index (χ1v) is 7.94. The second kappa shape index (κ2) is 7.87. The molecule has 0 radical (unpaired) electrons. The van der Waals surface area contributed by atoms with E-state index in [0.717, 1.165) is 17.1 Å². The van der Waals surface area contributed by atoms with Crippen molar-refractivity contribution in [1.82, 2.24) is 14.8 Å². The molecule has 1 saturated heterocycles. The van der Waals surface area contributed by atoms with E-state index < -0.39 is 6.09 Å². The first-order valence-electron chi connectivity index (χ1n) is 6.95. The summed E-state index contributed by atoms with van der Waals surface area (Å²) in [6.07, 6.45) is 3.96. The molecule has 6 nitrogen and oxygen atoms in total. The molecule has 2 heterocycles. The third-order valence-corrected chi connectivity index (χ3v) is 4.45. The van der Waals surface area contributed by atoms with Crippen LogP contribution in [0.4, 0.5) is 4.79 Å². The average molecular weight is 309 g/mol. The standard InChI is InChI=1S/C14H19N3O3S/c18-13(16-7-9-17(10-8-16)14(19)20)2-1-11-21-12-3-5-15-6-4-12/h3-6H,1-2,7-11H2,(H,19,20). The van der Waals surface area contributed by atoms with Crippen LogP contribution in [0.15, 0.2) is 29.4 Å². The van der Waals surface area contributed by atoms with Crippen molar-refractivity contribution in [3.8, 4) is 0 Å². The molecule has 0 atom stereocenters. The number of hydrogen-bond donors (Lipinski definition) is 1. The molecule has 21 heavy (non-hydrogen) atoms. The fraction of sp³-hybridized carbons (Fsp3) is 0.500. The Morgan fingerprint density at radius 3 is 2.38 bits per heavy atom. The Morgan fingerprint density at radius 2 is 1.76 bits per heavy atom. The van der Waals surface area contributed by atoms with Gasteiger partial charge < -0.3 is 14.9 Å². The summed E-state index contributed by atoms with van der Waals surface area (Å²) < 4.78 is 0. The van der Waals surface area contributed by atoms with E-state index in [0.29, 0.717) is 32.6 Å². The van der Waals surface area contributed by atoms with Crippen molar-refractivity contribution in [2.24, 2.45) is 0 Å². The minimum atomic E-state index is -0.907. The predicted molar refractivity (Wildman–Crippen MR) is 80.4 cm³/mol. The molecule has 7 heteroatoms. The molecular weight excluding hydrogens is 290 g/mol. The summed E-state index contributed by atoms with van der Waals surface area (Å²) in [7, 11) is 0. The Bertz CT molecular complexity index is 476. The number of hydrogen-bond acceptors (Lipinski definition) is 4. The number of carboxylic acid groups (broad SMARTS) is 1. The number of rotatable bonds is 5. The Labute approximate surface area is 128 Å². The highest BCUT2D eigenvalue weighted by Crippen LogP contribution is 2.18. The number of carbonyl (C=O) groups excluding carboxylic acids is 1. The fourth-order valence-electron chi connectivity index (χ4n) is 2.15. The van der Waals surface area contributed by atoms with Gasteiger partial charge in [-0.2, -0.15) is 0 Å². The summed E-state index contributed by atoms with van der Waals surface area (Å²) in [6.45, 7) is 1.82. The van der Waals surface area contributed by atoms with Crippen LogP contribution in [0.2, 0.25) is 0 Å². The maximum atomic E-state index is 12.0. The van der Waals surface area contributed by atoms with Gasteiger partial charge in [-0.1, -0.05) is 0 Å². The molecule has 0 unspecified atom stereocenters. The van der Waals surface area contributed by atoms with E-state index in [-0.39, 0.29) is 5.91 Å². The zero-order chi connectivity index (χ0) is 15.1. The third-order valence-electron chi connectivity index (χ3n) is 3.36. The Kier molecular flexibility index (Phi) is 5.86. The van der Waals surface area contributed by atoms with E-state index in [4.69, 9.17) is 5.11 Å². The van der Waals surface area contributed by atoms with Crippen molar-refractivity contribution in [3.63, 3.8) is 0 Å². The molecule has 2 rings (SSSR count). The molecule has 0 saturated carbocycles. The lowest BCUT2D eigenvalue weighted by molar-refractivity contribution is -0.132. The highest BCUT2D eigenvalue weighted by molar-refractivity contribution is 7.99. The summed E-state index contributed by atoms with van der Waals surface area (Å²) in [5.41, 5.74) is 0. The summed E-state index contributed by atoms with van der Waals surface area (Å²) in [4.78, 5) is 31.1. The molecule has 0 aliphatic carbocycles. The third kappa shape index (κ3) is 4.93. The Balaban J connectivity index is 1.63. The monoisotopic (exact) mass is 309 g/mol. The molecule has 1 aliphatic rings. The molecule has 1 N–H and O–H groups in total. The van der Waals surface area contributed by atoms with Crippen LogP contribution >= 0.6 is 11.8 Å². The van der Waals surface area contributed by atoms with E-state index in [9.17, 15) is 9.59 Å². The van der Waals surface area contributed by atoms with Gasteiger partial charge in [-0.25, -0.2) is 4.79 Å². The molecule has 2 amide bonds. The van der Waals surface area contributed by atoms with Crippen LogP contribution in [-0.4, -0.2) is 63.8 Å². The quantitative estimate of drug-likeness (QED) is 0.663. The van der Waals surface area contributed by atoms with Crippen LogP contribution in [0, 0.1) is 0 Å². The number of piperazine rings is 1. The molecule has 0 spiro atoms. The van der Waals surface area contributed by atoms with Crippen molar-refractivity contribution in [2.45, 2.75) is 17.7 Å². The van der Waals surface area contributed by atoms with Gasteiger partial charge >= 0.3 is 6.09 Å². The van der Waals surface area contributed by atoms with Gasteiger partial charge in [0.05, 0.1) is 0 Å². The fourth-order valence-corrected chi connectivity index (χ4v) is 2.99. The second-order valence-electron chi connectivity index (χ2n) is 4.79. The summed E-state index contributed by atoms with van der Waals surface area (Å²) in [5, 5.41) is 8.86. The Morgan fingerprint density at radius 1 is 1.14 bits per heavy atom. The van der Waals surface area contributed by atoms with Crippen LogP contribution in [-0.2, 0) is 4.79 Å². The van der Waals surface area contributed by atoms with Crippen LogP contribution in [0.5, 0.6) is 0 Å². The normalized spacial score (nSPS) is 15.0. The van der Waals surface area contributed by atoms with Crippen molar-refractivity contribution >= 4 is 23.8 Å². The van der Waals surface area contributed by atoms with Crippen LogP contribution in [0.25, 0.3) is 0 Å². The van der Waals surface area contributed by atoms with Crippen molar-refractivity contribution in [1.29, 1.82) is 0 Å². The van der Waals surface area contributed by atoms with Crippen LogP contribution in [0.3, 0.4) is 0 Å². The van der Waals surface area contributed by atoms with Gasteiger partial charge in [0.2, 0.25) is 5.91 Å². The minimum absolute atomic E-state index is 0.121. The number of thioether (sulfide) groups is 1. The lowest BCUT2D eigenvalue weighted by Crippen LogP contribution is -2.50. The molecule has 1 fully saturated rings. The first kappa shape index (κ1) is 15.6. The minimum Gasteiger partial charge on any atom is -0.465 e. The first-order chi connectivity index (χ1) is 10.2. The van der Waals surface area contributed by atoms with Gasteiger partial charge in [0.1, 0.15) is 0 Å². The lowest BCUT2D eigenvalue weighted by atomic mass is 10.2. The van der Waals surface area contributed by atoms with E-state index in [2.05, 4.69) is 4.98 Å². The molecular formula is C14H19N3O3S. The molecule has 1 aliphatic heterocycles. The Hall–Kier alpha value is -1.76. The van der Waals surface area contributed by atoms with Gasteiger partial charge in [0.15, 0.2) is 0 Å². The predicted octanol–water partition coefficient (Wildman–Crippen LogP) is 1.78. The molecule has 114 valence electrons. The summed E-state index contributed by atoms with van der Waals surface area (Å²) in [5.74, 6) is 1.01. The maximum Gasteiger partial charge on any atom is 0.407 e. The molecule has 0 aromatic carbocycles. The smallest absolute Gasteiger partial charge is 0.407 e. The SMILES string of the molecule is O=C(O)N1CCN(C(=O)CCCSc2ccncc2)CC1. The molecule has 1 aromatic rings. The largest absolute Gasteiger partial charge is 0.465 e. The zero-order valence-corrected chi connectivity index (χ0v) is 12.6. The second-order valence-corrected chi connectivity index (χ2v) is 5.95. The van der Waals surface area contributed by atoms with Gasteiger partial charge in [-0.15, -0.1) is 11.8 Å².